The molecule has 2 aromatic carbocycles. The molecule has 204 valence electrons. The number of ether oxygens (including phenoxy) is 2. The van der Waals surface area contributed by atoms with Gasteiger partial charge in [-0.25, -0.2) is 9.78 Å². The van der Waals surface area contributed by atoms with Gasteiger partial charge in [-0.05, 0) is 82.9 Å². The molecule has 1 N–H and O–H groups in total. The summed E-state index contributed by atoms with van der Waals surface area (Å²) in [6.07, 6.45) is 0. The van der Waals surface area contributed by atoms with Gasteiger partial charge in [0.1, 0.15) is 11.5 Å². The van der Waals surface area contributed by atoms with E-state index in [1.54, 1.807) is 31.7 Å². The van der Waals surface area contributed by atoms with Crippen molar-refractivity contribution in [2.24, 2.45) is 0 Å². The molecular formula is C29H35ClN2O6. The number of halogens is 1. The average Bonchev–Trinajstić information content (AvgIpc) is 3.18. The fourth-order valence-corrected chi connectivity index (χ4v) is 4.33. The molecule has 0 amide bonds. The number of esters is 1. The van der Waals surface area contributed by atoms with E-state index >= 15 is 0 Å². The molecule has 0 bridgehead atoms. The molecule has 1 aromatic heterocycles. The van der Waals surface area contributed by atoms with Gasteiger partial charge in [0.25, 0.3) is 0 Å². The maximum absolute atomic E-state index is 12.3. The van der Waals surface area contributed by atoms with Crippen LogP contribution in [0.1, 0.15) is 54.5 Å². The quantitative estimate of drug-likeness (QED) is 0.293. The van der Waals surface area contributed by atoms with E-state index in [-0.39, 0.29) is 19.7 Å². The van der Waals surface area contributed by atoms with E-state index in [1.807, 2.05) is 52.0 Å². The summed E-state index contributed by atoms with van der Waals surface area (Å²) >= 11 is 6.27. The van der Waals surface area contributed by atoms with Crippen LogP contribution in [0.4, 0.5) is 0 Å². The van der Waals surface area contributed by atoms with Crippen molar-refractivity contribution in [3.05, 3.63) is 69.1 Å². The zero-order valence-corrected chi connectivity index (χ0v) is 23.7. The Morgan fingerprint density at radius 1 is 1.05 bits per heavy atom. The lowest BCUT2D eigenvalue weighted by Crippen LogP contribution is -2.40. The third-order valence-electron chi connectivity index (χ3n) is 6.09. The van der Waals surface area contributed by atoms with Crippen LogP contribution in [0.15, 0.2) is 34.7 Å². The van der Waals surface area contributed by atoms with E-state index in [1.165, 1.54) is 0 Å². The van der Waals surface area contributed by atoms with Crippen LogP contribution in [0.5, 0.6) is 5.75 Å². The number of benzene rings is 2. The summed E-state index contributed by atoms with van der Waals surface area (Å²) in [5.41, 5.74) is 3.81. The highest BCUT2D eigenvalue weighted by molar-refractivity contribution is 6.31. The number of hydrogen-bond donors (Lipinski definition) is 1. The van der Waals surface area contributed by atoms with Crippen molar-refractivity contribution in [2.75, 3.05) is 13.2 Å². The summed E-state index contributed by atoms with van der Waals surface area (Å²) in [6.45, 7) is 13.4. The summed E-state index contributed by atoms with van der Waals surface area (Å²) in [7, 11) is 0. The Bertz CT molecular complexity index is 1310. The second-order valence-electron chi connectivity index (χ2n) is 9.92. The average molecular weight is 543 g/mol. The lowest BCUT2D eigenvalue weighted by molar-refractivity contribution is -0.158. The first kappa shape index (κ1) is 29.2. The summed E-state index contributed by atoms with van der Waals surface area (Å²) in [5.74, 6) is 0.272. The standard InChI is InChI=1S/C29H35ClN2O6/c1-8-36-28(35)29(6,7)38-26-18(3)11-21(12-19(26)4)14-32(16-25(33)34)15-24-20(5)37-27(31-24)22-10-9-17(2)23(30)13-22/h9-13H,8,14-16H2,1-7H3,(H,33,34). The Labute approximate surface area is 228 Å². The third kappa shape index (κ3) is 7.14. The van der Waals surface area contributed by atoms with Crippen molar-refractivity contribution in [3.8, 4) is 17.2 Å². The Hall–Kier alpha value is -3.36. The number of aromatic nitrogens is 1. The molecule has 0 aliphatic carbocycles. The lowest BCUT2D eigenvalue weighted by Gasteiger charge is -2.27. The van der Waals surface area contributed by atoms with Crippen molar-refractivity contribution in [3.63, 3.8) is 0 Å². The highest BCUT2D eigenvalue weighted by Gasteiger charge is 2.32. The molecule has 0 radical (unpaired) electrons. The van der Waals surface area contributed by atoms with Gasteiger partial charge >= 0.3 is 11.9 Å². The molecule has 1 heterocycles. The van der Waals surface area contributed by atoms with Crippen LogP contribution in [0, 0.1) is 27.7 Å². The van der Waals surface area contributed by atoms with Gasteiger partial charge in [-0.3, -0.25) is 9.69 Å². The van der Waals surface area contributed by atoms with Gasteiger partial charge in [-0.2, -0.15) is 0 Å². The summed E-state index contributed by atoms with van der Waals surface area (Å²) in [4.78, 5) is 30.4. The first-order chi connectivity index (χ1) is 17.8. The lowest BCUT2D eigenvalue weighted by atomic mass is 10.0. The van der Waals surface area contributed by atoms with Crippen molar-refractivity contribution >= 4 is 23.5 Å². The monoisotopic (exact) mass is 542 g/mol. The van der Waals surface area contributed by atoms with E-state index < -0.39 is 17.5 Å². The number of carboxylic acid groups (broad SMARTS) is 1. The van der Waals surface area contributed by atoms with Crippen molar-refractivity contribution in [1.82, 2.24) is 9.88 Å². The van der Waals surface area contributed by atoms with Gasteiger partial charge in [0.2, 0.25) is 5.89 Å². The Kier molecular flexibility index (Phi) is 9.22. The van der Waals surface area contributed by atoms with Crippen LogP contribution in [0.3, 0.4) is 0 Å². The smallest absolute Gasteiger partial charge is 0.349 e. The fourth-order valence-electron chi connectivity index (χ4n) is 4.15. The predicted molar refractivity (Wildman–Crippen MR) is 145 cm³/mol. The first-order valence-electron chi connectivity index (χ1n) is 12.4. The number of aliphatic carboxylic acids is 1. The maximum atomic E-state index is 12.3. The van der Waals surface area contributed by atoms with E-state index in [0.29, 0.717) is 34.7 Å². The maximum Gasteiger partial charge on any atom is 0.349 e. The van der Waals surface area contributed by atoms with E-state index in [2.05, 4.69) is 4.98 Å². The molecule has 0 unspecified atom stereocenters. The normalized spacial score (nSPS) is 11.6. The SMILES string of the molecule is CCOC(=O)C(C)(C)Oc1c(C)cc(CN(CC(=O)O)Cc2nc(-c3ccc(C)c(Cl)c3)oc2C)cc1C. The fraction of sp³-hybridized carbons (Fsp3) is 0.414. The second-order valence-corrected chi connectivity index (χ2v) is 10.3. The van der Waals surface area contributed by atoms with Crippen LogP contribution in [0.2, 0.25) is 5.02 Å². The molecule has 0 aliphatic rings. The summed E-state index contributed by atoms with van der Waals surface area (Å²) in [5, 5.41) is 10.2. The molecule has 8 nitrogen and oxygen atoms in total. The third-order valence-corrected chi connectivity index (χ3v) is 6.50. The molecule has 0 aliphatic heterocycles. The highest BCUT2D eigenvalue weighted by Crippen LogP contribution is 2.31. The second kappa shape index (κ2) is 12.0. The number of oxazole rings is 1. The molecule has 3 rings (SSSR count). The number of nitrogens with zero attached hydrogens (tertiary/aromatic N) is 2. The molecule has 0 atom stereocenters. The molecule has 3 aromatic rings. The summed E-state index contributed by atoms with van der Waals surface area (Å²) < 4.78 is 17.1. The van der Waals surface area contributed by atoms with E-state index in [9.17, 15) is 14.7 Å². The predicted octanol–water partition coefficient (Wildman–Crippen LogP) is 6.04. The van der Waals surface area contributed by atoms with Crippen LogP contribution in [-0.4, -0.2) is 45.7 Å². The molecule has 0 spiro atoms. The number of hydrogen-bond acceptors (Lipinski definition) is 7. The number of rotatable bonds is 11. The molecule has 9 heteroatoms. The van der Waals surface area contributed by atoms with Crippen LogP contribution < -0.4 is 4.74 Å². The minimum Gasteiger partial charge on any atom is -0.480 e. The Morgan fingerprint density at radius 2 is 1.71 bits per heavy atom. The van der Waals surface area contributed by atoms with Crippen molar-refractivity contribution < 1.29 is 28.6 Å². The molecule has 0 fully saturated rings. The minimum atomic E-state index is -1.15. The van der Waals surface area contributed by atoms with Gasteiger partial charge in [0.05, 0.1) is 18.8 Å². The molecular weight excluding hydrogens is 508 g/mol. The molecule has 0 saturated heterocycles. The van der Waals surface area contributed by atoms with Crippen molar-refractivity contribution in [1.29, 1.82) is 0 Å². The van der Waals surface area contributed by atoms with Gasteiger partial charge in [0, 0.05) is 23.7 Å². The van der Waals surface area contributed by atoms with Crippen LogP contribution in [0.25, 0.3) is 11.5 Å². The number of carbonyl (C=O) groups excluding carboxylic acids is 1. The zero-order chi connectivity index (χ0) is 28.2. The Morgan fingerprint density at radius 3 is 2.29 bits per heavy atom. The zero-order valence-electron chi connectivity index (χ0n) is 23.0. The number of aryl methyl sites for hydroxylation is 4. The van der Waals surface area contributed by atoms with Gasteiger partial charge in [-0.1, -0.05) is 29.8 Å². The van der Waals surface area contributed by atoms with Crippen molar-refractivity contribution in [2.45, 2.75) is 67.2 Å². The number of carbonyl (C=O) groups is 2. The van der Waals surface area contributed by atoms with Crippen LogP contribution in [-0.2, 0) is 27.4 Å². The number of carboxylic acids is 1. The largest absolute Gasteiger partial charge is 0.480 e. The minimum absolute atomic E-state index is 0.176. The van der Waals surface area contributed by atoms with Crippen LogP contribution >= 0.6 is 11.6 Å². The van der Waals surface area contributed by atoms with Gasteiger partial charge < -0.3 is 19.0 Å². The van der Waals surface area contributed by atoms with Gasteiger partial charge in [-0.15, -0.1) is 0 Å². The molecule has 38 heavy (non-hydrogen) atoms. The topological polar surface area (TPSA) is 102 Å². The van der Waals surface area contributed by atoms with E-state index in [0.717, 1.165) is 27.8 Å². The van der Waals surface area contributed by atoms with Gasteiger partial charge in [0.15, 0.2) is 5.60 Å². The Balaban J connectivity index is 1.83. The van der Waals surface area contributed by atoms with E-state index in [4.69, 9.17) is 25.5 Å². The first-order valence-corrected chi connectivity index (χ1v) is 12.8. The highest BCUT2D eigenvalue weighted by atomic mass is 35.5. The summed E-state index contributed by atoms with van der Waals surface area (Å²) in [6, 6.07) is 9.48. The molecule has 0 saturated carbocycles.